The van der Waals surface area contributed by atoms with Crippen LogP contribution >= 0.6 is 0 Å². The third-order valence-corrected chi connectivity index (χ3v) is 3.12. The lowest BCUT2D eigenvalue weighted by atomic mass is 10.1. The van der Waals surface area contributed by atoms with Crippen LogP contribution in [-0.4, -0.2) is 21.5 Å². The van der Waals surface area contributed by atoms with Gasteiger partial charge in [0.1, 0.15) is 5.82 Å². The van der Waals surface area contributed by atoms with Gasteiger partial charge in [-0.3, -0.25) is 14.8 Å². The van der Waals surface area contributed by atoms with Crippen molar-refractivity contribution in [3.05, 3.63) is 71.3 Å². The van der Waals surface area contributed by atoms with Crippen LogP contribution in [0.1, 0.15) is 21.6 Å². The Morgan fingerprint density at radius 3 is 2.70 bits per heavy atom. The molecule has 118 valence electrons. The Bertz CT molecular complexity index is 791. The normalized spacial score (nSPS) is 11.3. The van der Waals surface area contributed by atoms with E-state index in [0.29, 0.717) is 5.69 Å². The summed E-state index contributed by atoms with van der Waals surface area (Å²) in [6, 6.07) is 7.24. The molecule has 0 radical (unpaired) electrons. The van der Waals surface area contributed by atoms with E-state index in [0.717, 1.165) is 5.56 Å². The van der Waals surface area contributed by atoms with Crippen molar-refractivity contribution in [2.45, 2.75) is 0 Å². The fraction of sp³-hybridized carbons (Fsp3) is 0.0588. The lowest BCUT2D eigenvalue weighted by molar-refractivity contribution is -0.124. The molecule has 0 bridgehead atoms. The van der Waals surface area contributed by atoms with Gasteiger partial charge in [-0.2, -0.15) is 0 Å². The Balaban J connectivity index is 2.13. The zero-order valence-corrected chi connectivity index (χ0v) is 12.4. The molecule has 0 saturated carbocycles. The lowest BCUT2D eigenvalue weighted by Crippen LogP contribution is -2.14. The average molecular weight is 314 g/mol. The quantitative estimate of drug-likeness (QED) is 0.386. The van der Waals surface area contributed by atoms with Crippen LogP contribution in [0.3, 0.4) is 0 Å². The molecule has 0 aliphatic rings. The number of ketones is 1. The smallest absolute Gasteiger partial charge is 0.267 e. The second-order valence-electron chi connectivity index (χ2n) is 4.83. The largest absolute Gasteiger partial charge is 0.350 e. The van der Waals surface area contributed by atoms with Gasteiger partial charge in [0.2, 0.25) is 0 Å². The van der Waals surface area contributed by atoms with E-state index in [-0.39, 0.29) is 11.3 Å². The average Bonchev–Trinajstić information content (AvgIpc) is 2.90. The Morgan fingerprint density at radius 1 is 1.22 bits per heavy atom. The molecule has 5 nitrogen and oxygen atoms in total. The molecule has 2 N–H and O–H groups in total. The summed E-state index contributed by atoms with van der Waals surface area (Å²) in [4.78, 5) is 22.9. The van der Waals surface area contributed by atoms with Crippen molar-refractivity contribution < 1.29 is 19.2 Å². The van der Waals surface area contributed by atoms with Crippen molar-refractivity contribution in [1.82, 2.24) is 10.0 Å². The summed E-state index contributed by atoms with van der Waals surface area (Å²) >= 11 is 0. The summed E-state index contributed by atoms with van der Waals surface area (Å²) in [5.74, 6) is -1.40. The maximum Gasteiger partial charge on any atom is 0.267 e. The number of aryl methyl sites for hydroxylation is 1. The second kappa shape index (κ2) is 7.33. The molecule has 0 spiro atoms. The molecule has 1 heterocycles. The molecule has 0 aliphatic heterocycles. The van der Waals surface area contributed by atoms with Gasteiger partial charge in [0.15, 0.2) is 5.78 Å². The number of allylic oxidation sites excluding steroid dienone is 1. The Morgan fingerprint density at radius 2 is 2.00 bits per heavy atom. The maximum atomic E-state index is 13.1. The highest BCUT2D eigenvalue weighted by molar-refractivity contribution is 6.06. The van der Waals surface area contributed by atoms with Crippen molar-refractivity contribution in [3.63, 3.8) is 0 Å². The molecule has 2 rings (SSSR count). The van der Waals surface area contributed by atoms with Crippen molar-refractivity contribution in [2.24, 2.45) is 7.05 Å². The van der Waals surface area contributed by atoms with E-state index in [1.807, 2.05) is 0 Å². The molecule has 0 atom stereocenters. The zero-order valence-electron chi connectivity index (χ0n) is 12.4. The minimum Gasteiger partial charge on any atom is -0.350 e. The van der Waals surface area contributed by atoms with Gasteiger partial charge in [0.05, 0.1) is 0 Å². The van der Waals surface area contributed by atoms with Gasteiger partial charge in [0.25, 0.3) is 5.91 Å². The minimum absolute atomic E-state index is 0.275. The molecule has 23 heavy (non-hydrogen) atoms. The van der Waals surface area contributed by atoms with Crippen LogP contribution in [0.4, 0.5) is 4.39 Å². The molecule has 1 aromatic heterocycles. The van der Waals surface area contributed by atoms with Crippen LogP contribution in [-0.2, 0) is 11.8 Å². The van der Waals surface area contributed by atoms with Gasteiger partial charge in [0, 0.05) is 30.6 Å². The molecule has 6 heteroatoms. The molecule has 0 unspecified atom stereocenters. The van der Waals surface area contributed by atoms with Crippen LogP contribution in [0.25, 0.3) is 12.2 Å². The molecule has 1 amide bonds. The van der Waals surface area contributed by atoms with Crippen molar-refractivity contribution >= 4 is 23.8 Å². The number of rotatable bonds is 5. The SMILES string of the molecule is Cn1cc(C=CC(=O)c2cccc(F)c2)cc1C=CC(=O)NO. The Labute approximate surface area is 132 Å². The first-order valence-corrected chi connectivity index (χ1v) is 6.76. The van der Waals surface area contributed by atoms with E-state index < -0.39 is 11.7 Å². The van der Waals surface area contributed by atoms with Crippen LogP contribution in [0.5, 0.6) is 0 Å². The summed E-state index contributed by atoms with van der Waals surface area (Å²) in [6.07, 6.45) is 7.44. The van der Waals surface area contributed by atoms with Crippen molar-refractivity contribution in [3.8, 4) is 0 Å². The number of benzene rings is 1. The highest BCUT2D eigenvalue weighted by Gasteiger charge is 2.04. The minimum atomic E-state index is -0.635. The van der Waals surface area contributed by atoms with E-state index in [4.69, 9.17) is 5.21 Å². The van der Waals surface area contributed by atoms with Crippen LogP contribution < -0.4 is 5.48 Å². The van der Waals surface area contributed by atoms with E-state index in [9.17, 15) is 14.0 Å². The summed E-state index contributed by atoms with van der Waals surface area (Å²) in [5.41, 5.74) is 3.24. The number of amides is 1. The number of nitrogens with zero attached hydrogens (tertiary/aromatic N) is 1. The first-order valence-electron chi connectivity index (χ1n) is 6.76. The van der Waals surface area contributed by atoms with Crippen molar-refractivity contribution in [1.29, 1.82) is 0 Å². The Hall–Kier alpha value is -2.99. The van der Waals surface area contributed by atoms with Gasteiger partial charge in [-0.15, -0.1) is 0 Å². The fourth-order valence-corrected chi connectivity index (χ4v) is 1.97. The van der Waals surface area contributed by atoms with Crippen molar-refractivity contribution in [2.75, 3.05) is 0 Å². The molecule has 2 aromatic rings. The summed E-state index contributed by atoms with van der Waals surface area (Å²) in [7, 11) is 1.78. The van der Waals surface area contributed by atoms with Crippen LogP contribution in [0, 0.1) is 5.82 Å². The number of carbonyl (C=O) groups is 2. The zero-order chi connectivity index (χ0) is 16.8. The van der Waals surface area contributed by atoms with E-state index in [1.165, 1.54) is 41.9 Å². The lowest BCUT2D eigenvalue weighted by Gasteiger charge is -1.95. The van der Waals surface area contributed by atoms with Crippen LogP contribution in [0.15, 0.2) is 48.7 Å². The molecule has 0 fully saturated rings. The predicted molar refractivity (Wildman–Crippen MR) is 84.1 cm³/mol. The number of aromatic nitrogens is 1. The van der Waals surface area contributed by atoms with E-state index in [1.54, 1.807) is 36.0 Å². The highest BCUT2D eigenvalue weighted by atomic mass is 19.1. The van der Waals surface area contributed by atoms with Gasteiger partial charge >= 0.3 is 0 Å². The number of hydroxylamine groups is 1. The van der Waals surface area contributed by atoms with Gasteiger partial charge in [-0.1, -0.05) is 12.1 Å². The Kier molecular flexibility index (Phi) is 5.22. The van der Waals surface area contributed by atoms with Gasteiger partial charge in [-0.05, 0) is 42.0 Å². The molecular weight excluding hydrogens is 299 g/mol. The number of hydrogen-bond acceptors (Lipinski definition) is 3. The summed E-state index contributed by atoms with van der Waals surface area (Å²) in [5, 5.41) is 8.43. The third kappa shape index (κ3) is 4.49. The first kappa shape index (κ1) is 16.4. The number of halogens is 1. The first-order chi connectivity index (χ1) is 11.0. The predicted octanol–water partition coefficient (Wildman–Crippen LogP) is 2.58. The standard InChI is InChI=1S/C17H15FN2O3/c1-20-11-12(9-15(20)6-8-17(22)19-23)5-7-16(21)13-3-2-4-14(18)10-13/h2-11,23H,1H3,(H,19,22). The van der Waals surface area contributed by atoms with Gasteiger partial charge < -0.3 is 4.57 Å². The summed E-state index contributed by atoms with van der Waals surface area (Å²) in [6.45, 7) is 0. The molecular formula is C17H15FN2O3. The topological polar surface area (TPSA) is 71.3 Å². The highest BCUT2D eigenvalue weighted by Crippen LogP contribution is 2.12. The van der Waals surface area contributed by atoms with Crippen LogP contribution in [0.2, 0.25) is 0 Å². The number of carbonyl (C=O) groups excluding carboxylic acids is 2. The summed E-state index contributed by atoms with van der Waals surface area (Å²) < 4.78 is 14.8. The molecule has 0 aliphatic carbocycles. The monoisotopic (exact) mass is 314 g/mol. The number of nitrogens with one attached hydrogen (secondary N) is 1. The maximum absolute atomic E-state index is 13.1. The van der Waals surface area contributed by atoms with E-state index >= 15 is 0 Å². The molecule has 0 saturated heterocycles. The molecule has 1 aromatic carbocycles. The fourth-order valence-electron chi connectivity index (χ4n) is 1.97. The van der Waals surface area contributed by atoms with E-state index in [2.05, 4.69) is 0 Å². The third-order valence-electron chi connectivity index (χ3n) is 3.12. The second-order valence-corrected chi connectivity index (χ2v) is 4.83. The van der Waals surface area contributed by atoms with Gasteiger partial charge in [-0.25, -0.2) is 9.87 Å². The number of hydrogen-bond donors (Lipinski definition) is 2.